The quantitative estimate of drug-likeness (QED) is 0.786. The maximum absolute atomic E-state index is 11.5. The Kier molecular flexibility index (Phi) is 4.22. The van der Waals surface area contributed by atoms with Gasteiger partial charge in [-0.1, -0.05) is 18.2 Å². The highest BCUT2D eigenvalue weighted by molar-refractivity contribution is 5.84. The number of ether oxygens (including phenoxy) is 1. The van der Waals surface area contributed by atoms with Gasteiger partial charge in [0.05, 0.1) is 6.10 Å². The van der Waals surface area contributed by atoms with E-state index in [9.17, 15) is 9.90 Å². The van der Waals surface area contributed by atoms with Crippen LogP contribution in [0.15, 0.2) is 30.5 Å². The smallest absolute Gasteiger partial charge is 0.333 e. The fourth-order valence-corrected chi connectivity index (χ4v) is 2.86. The van der Waals surface area contributed by atoms with Gasteiger partial charge < -0.3 is 20.1 Å². The molecule has 112 valence electrons. The highest BCUT2D eigenvalue weighted by Crippen LogP contribution is 2.21. The van der Waals surface area contributed by atoms with Crippen LogP contribution in [0.25, 0.3) is 10.9 Å². The van der Waals surface area contributed by atoms with Crippen LogP contribution in [-0.2, 0) is 16.0 Å². The summed E-state index contributed by atoms with van der Waals surface area (Å²) < 4.78 is 5.82. The van der Waals surface area contributed by atoms with Crippen molar-refractivity contribution in [3.8, 4) is 0 Å². The molecular weight excluding hydrogens is 268 g/mol. The minimum absolute atomic E-state index is 0.0394. The molecule has 5 heteroatoms. The Hall–Kier alpha value is -1.85. The number of nitrogens with one attached hydrogen (secondary N) is 2. The van der Waals surface area contributed by atoms with E-state index in [0.717, 1.165) is 42.4 Å². The summed E-state index contributed by atoms with van der Waals surface area (Å²) in [5.41, 5.74) is 2.02. The van der Waals surface area contributed by atoms with Crippen molar-refractivity contribution >= 4 is 16.9 Å². The number of fused-ring (bicyclic) bond motifs is 1. The molecular formula is C16H20N2O3. The number of carbonyl (C=O) groups is 1. The van der Waals surface area contributed by atoms with Gasteiger partial charge in [0.15, 0.2) is 6.10 Å². The van der Waals surface area contributed by atoms with Crippen LogP contribution in [0.5, 0.6) is 0 Å². The lowest BCUT2D eigenvalue weighted by Crippen LogP contribution is -2.38. The van der Waals surface area contributed by atoms with Crippen LogP contribution >= 0.6 is 0 Å². The zero-order chi connectivity index (χ0) is 14.7. The second-order valence-corrected chi connectivity index (χ2v) is 5.48. The Bertz CT molecular complexity index is 617. The molecule has 2 heterocycles. The van der Waals surface area contributed by atoms with Crippen LogP contribution in [0.2, 0.25) is 0 Å². The molecule has 0 unspecified atom stereocenters. The zero-order valence-electron chi connectivity index (χ0n) is 11.8. The van der Waals surface area contributed by atoms with Crippen LogP contribution in [0, 0.1) is 0 Å². The molecule has 3 N–H and O–H groups in total. The number of para-hydroxylation sites is 1. The number of aliphatic carboxylic acids is 1. The molecule has 3 rings (SSSR count). The molecule has 0 saturated carbocycles. The van der Waals surface area contributed by atoms with Gasteiger partial charge >= 0.3 is 5.97 Å². The maximum Gasteiger partial charge on any atom is 0.333 e. The largest absolute Gasteiger partial charge is 0.479 e. The molecule has 0 spiro atoms. The molecule has 0 bridgehead atoms. The number of carboxylic acids is 1. The lowest BCUT2D eigenvalue weighted by molar-refractivity contribution is -0.155. The van der Waals surface area contributed by atoms with Crippen molar-refractivity contribution in [1.29, 1.82) is 0 Å². The standard InChI is InChI=1S/C16H20N2O3/c19-16(20)15(21-12-5-7-17-8-6-12)9-11-10-18-14-4-2-1-3-13(11)14/h1-4,10,12,15,17-18H,5-9H2,(H,19,20)/t15-/m0/s1. The number of carboxylic acid groups (broad SMARTS) is 1. The van der Waals surface area contributed by atoms with Gasteiger partial charge in [-0.25, -0.2) is 4.79 Å². The predicted octanol–water partition coefficient (Wildman–Crippen LogP) is 1.93. The average Bonchev–Trinajstić information content (AvgIpc) is 2.91. The monoisotopic (exact) mass is 288 g/mol. The first-order chi connectivity index (χ1) is 10.2. The number of hydrogen-bond acceptors (Lipinski definition) is 3. The molecule has 2 aromatic rings. The number of aromatic nitrogens is 1. The fraction of sp³-hybridized carbons (Fsp3) is 0.438. The third-order valence-electron chi connectivity index (χ3n) is 4.00. The van der Waals surface area contributed by atoms with Gasteiger partial charge in [-0.2, -0.15) is 0 Å². The number of aromatic amines is 1. The van der Waals surface area contributed by atoms with Crippen LogP contribution in [0.3, 0.4) is 0 Å². The van der Waals surface area contributed by atoms with Crippen molar-refractivity contribution < 1.29 is 14.6 Å². The number of piperidine rings is 1. The van der Waals surface area contributed by atoms with Gasteiger partial charge in [0.1, 0.15) is 0 Å². The summed E-state index contributed by atoms with van der Waals surface area (Å²) in [4.78, 5) is 14.7. The summed E-state index contributed by atoms with van der Waals surface area (Å²) in [7, 11) is 0. The van der Waals surface area contributed by atoms with Gasteiger partial charge in [-0.15, -0.1) is 0 Å². The first kappa shape index (κ1) is 14.1. The summed E-state index contributed by atoms with van der Waals surface area (Å²) in [6.45, 7) is 1.79. The Morgan fingerprint density at radius 3 is 2.86 bits per heavy atom. The SMILES string of the molecule is O=C(O)[C@H](Cc1c[nH]c2ccccc12)OC1CCNCC1. The number of hydrogen-bond donors (Lipinski definition) is 3. The van der Waals surface area contributed by atoms with E-state index in [1.165, 1.54) is 0 Å². The number of benzene rings is 1. The first-order valence-electron chi connectivity index (χ1n) is 7.38. The average molecular weight is 288 g/mol. The summed E-state index contributed by atoms with van der Waals surface area (Å²) in [5.74, 6) is -0.890. The zero-order valence-corrected chi connectivity index (χ0v) is 11.8. The van der Waals surface area contributed by atoms with Crippen molar-refractivity contribution in [1.82, 2.24) is 10.3 Å². The summed E-state index contributed by atoms with van der Waals surface area (Å²) in [5, 5.41) is 13.7. The third kappa shape index (κ3) is 3.25. The Morgan fingerprint density at radius 1 is 1.33 bits per heavy atom. The summed E-state index contributed by atoms with van der Waals surface area (Å²) >= 11 is 0. The van der Waals surface area contributed by atoms with E-state index in [0.29, 0.717) is 6.42 Å². The predicted molar refractivity (Wildman–Crippen MR) is 80.4 cm³/mol. The molecule has 1 atom stereocenters. The Balaban J connectivity index is 1.74. The van der Waals surface area contributed by atoms with Crippen LogP contribution in [0.4, 0.5) is 0 Å². The van der Waals surface area contributed by atoms with Gasteiger partial charge in [-0.05, 0) is 37.6 Å². The van der Waals surface area contributed by atoms with Crippen molar-refractivity contribution in [2.45, 2.75) is 31.5 Å². The van der Waals surface area contributed by atoms with Crippen LogP contribution < -0.4 is 5.32 Å². The van der Waals surface area contributed by atoms with E-state index >= 15 is 0 Å². The molecule has 1 aliphatic heterocycles. The maximum atomic E-state index is 11.5. The van der Waals surface area contributed by atoms with Crippen LogP contribution in [0.1, 0.15) is 18.4 Å². The normalized spacial score (nSPS) is 17.9. The Labute approximate surface area is 123 Å². The molecule has 0 radical (unpaired) electrons. The highest BCUT2D eigenvalue weighted by atomic mass is 16.5. The van der Waals surface area contributed by atoms with Gasteiger partial charge in [0.25, 0.3) is 0 Å². The molecule has 5 nitrogen and oxygen atoms in total. The Morgan fingerprint density at radius 2 is 2.10 bits per heavy atom. The molecule has 21 heavy (non-hydrogen) atoms. The van der Waals surface area contributed by atoms with Crippen molar-refractivity contribution in [3.63, 3.8) is 0 Å². The topological polar surface area (TPSA) is 74.3 Å². The van der Waals surface area contributed by atoms with Crippen molar-refractivity contribution in [3.05, 3.63) is 36.0 Å². The van der Waals surface area contributed by atoms with E-state index in [1.54, 1.807) is 0 Å². The third-order valence-corrected chi connectivity index (χ3v) is 4.00. The van der Waals surface area contributed by atoms with E-state index in [1.807, 2.05) is 30.5 Å². The van der Waals surface area contributed by atoms with E-state index in [-0.39, 0.29) is 6.10 Å². The molecule has 1 fully saturated rings. The van der Waals surface area contributed by atoms with E-state index in [4.69, 9.17) is 4.74 Å². The van der Waals surface area contributed by atoms with Gasteiger partial charge in [0, 0.05) is 23.5 Å². The minimum atomic E-state index is -0.890. The highest BCUT2D eigenvalue weighted by Gasteiger charge is 2.25. The second kappa shape index (κ2) is 6.28. The lowest BCUT2D eigenvalue weighted by atomic mass is 10.1. The van der Waals surface area contributed by atoms with Crippen LogP contribution in [-0.4, -0.2) is 41.4 Å². The van der Waals surface area contributed by atoms with Crippen molar-refractivity contribution in [2.75, 3.05) is 13.1 Å². The number of rotatable bonds is 5. The molecule has 0 aliphatic carbocycles. The van der Waals surface area contributed by atoms with Crippen molar-refractivity contribution in [2.24, 2.45) is 0 Å². The molecule has 0 amide bonds. The summed E-state index contributed by atoms with van der Waals surface area (Å²) in [6, 6.07) is 7.92. The van der Waals surface area contributed by atoms with E-state index < -0.39 is 12.1 Å². The van der Waals surface area contributed by atoms with Gasteiger partial charge in [0.2, 0.25) is 0 Å². The molecule has 1 aromatic carbocycles. The first-order valence-corrected chi connectivity index (χ1v) is 7.38. The minimum Gasteiger partial charge on any atom is -0.479 e. The molecule has 1 saturated heterocycles. The van der Waals surface area contributed by atoms with E-state index in [2.05, 4.69) is 10.3 Å². The fourth-order valence-electron chi connectivity index (χ4n) is 2.86. The lowest BCUT2D eigenvalue weighted by Gasteiger charge is -2.26. The molecule has 1 aliphatic rings. The summed E-state index contributed by atoms with van der Waals surface area (Å²) in [6.07, 6.45) is 3.27. The second-order valence-electron chi connectivity index (χ2n) is 5.48. The number of H-pyrrole nitrogens is 1. The molecule has 1 aromatic heterocycles. The van der Waals surface area contributed by atoms with Gasteiger partial charge in [-0.3, -0.25) is 0 Å².